The Balaban J connectivity index is 1.64. The minimum absolute atomic E-state index is 0.0502. The molecule has 0 radical (unpaired) electrons. The molecule has 148 valence electrons. The molecule has 1 fully saturated rings. The molecule has 1 aliphatic rings. The first kappa shape index (κ1) is 19.6. The van der Waals surface area contributed by atoms with Gasteiger partial charge < -0.3 is 4.90 Å². The van der Waals surface area contributed by atoms with Gasteiger partial charge in [0.2, 0.25) is 0 Å². The Labute approximate surface area is 176 Å². The van der Waals surface area contributed by atoms with Crippen molar-refractivity contribution in [1.82, 2.24) is 14.9 Å². The number of nitrogens with zero attached hydrogens (tertiary/aromatic N) is 3. The van der Waals surface area contributed by atoms with E-state index >= 15 is 0 Å². The average Bonchev–Trinajstić information content (AvgIpc) is 2.74. The molecular formula is C24H24ClN3O. The standard InChI is InChI=1S/C24H24ClN3O/c1-16-5-3-6-19(13-16)22-14-26-17(2)27-23(22)20-7-4-12-28(15-20)24(29)18-8-10-21(25)11-9-18/h3,5-6,8-11,13-14,20H,4,7,12,15H2,1-2H3. The molecule has 1 atom stereocenters. The SMILES string of the molecule is Cc1cccc(-c2cnc(C)nc2C2CCCN(C(=O)c3ccc(Cl)cc3)C2)c1. The van der Waals surface area contributed by atoms with E-state index < -0.39 is 0 Å². The first-order chi connectivity index (χ1) is 14.0. The molecular weight excluding hydrogens is 382 g/mol. The summed E-state index contributed by atoms with van der Waals surface area (Å²) in [5, 5.41) is 0.636. The molecule has 4 nitrogen and oxygen atoms in total. The molecule has 1 unspecified atom stereocenters. The van der Waals surface area contributed by atoms with E-state index in [0.29, 0.717) is 17.1 Å². The van der Waals surface area contributed by atoms with Gasteiger partial charge >= 0.3 is 0 Å². The lowest BCUT2D eigenvalue weighted by Crippen LogP contribution is -2.39. The van der Waals surface area contributed by atoms with Crippen molar-refractivity contribution in [3.05, 3.63) is 82.4 Å². The summed E-state index contributed by atoms with van der Waals surface area (Å²) in [5.74, 6) is 1.00. The number of likely N-dealkylation sites (tertiary alicyclic amines) is 1. The summed E-state index contributed by atoms with van der Waals surface area (Å²) in [4.78, 5) is 24.2. The zero-order valence-electron chi connectivity index (χ0n) is 16.7. The van der Waals surface area contributed by atoms with Gasteiger partial charge in [-0.15, -0.1) is 0 Å². The van der Waals surface area contributed by atoms with Gasteiger partial charge in [-0.05, 0) is 56.5 Å². The molecule has 5 heteroatoms. The number of piperidine rings is 1. The third kappa shape index (κ3) is 4.33. The topological polar surface area (TPSA) is 46.1 Å². The highest BCUT2D eigenvalue weighted by Crippen LogP contribution is 2.33. The van der Waals surface area contributed by atoms with E-state index in [1.165, 1.54) is 5.56 Å². The molecule has 29 heavy (non-hydrogen) atoms. The molecule has 0 aliphatic carbocycles. The first-order valence-electron chi connectivity index (χ1n) is 9.96. The fourth-order valence-corrected chi connectivity index (χ4v) is 4.12. The number of halogens is 1. The number of rotatable bonds is 3. The Bertz CT molecular complexity index is 1030. The third-order valence-electron chi connectivity index (χ3n) is 5.45. The number of hydrogen-bond donors (Lipinski definition) is 0. The van der Waals surface area contributed by atoms with E-state index in [2.05, 4.69) is 36.2 Å². The lowest BCUT2D eigenvalue weighted by Gasteiger charge is -2.33. The van der Waals surface area contributed by atoms with Crippen LogP contribution >= 0.6 is 11.6 Å². The number of amides is 1. The zero-order valence-corrected chi connectivity index (χ0v) is 17.5. The second kappa shape index (κ2) is 8.34. The van der Waals surface area contributed by atoms with E-state index in [-0.39, 0.29) is 11.8 Å². The average molecular weight is 406 g/mol. The van der Waals surface area contributed by atoms with Gasteiger partial charge in [-0.2, -0.15) is 0 Å². The number of hydrogen-bond acceptors (Lipinski definition) is 3. The summed E-state index contributed by atoms with van der Waals surface area (Å²) >= 11 is 5.97. The fourth-order valence-electron chi connectivity index (χ4n) is 3.99. The lowest BCUT2D eigenvalue weighted by molar-refractivity contribution is 0.0706. The van der Waals surface area contributed by atoms with Gasteiger partial charge in [0.05, 0.1) is 5.69 Å². The predicted molar refractivity (Wildman–Crippen MR) is 116 cm³/mol. The van der Waals surface area contributed by atoms with Crippen molar-refractivity contribution in [2.45, 2.75) is 32.6 Å². The molecule has 3 aromatic rings. The van der Waals surface area contributed by atoms with Crippen LogP contribution in [0.4, 0.5) is 0 Å². The number of carbonyl (C=O) groups excluding carboxylic acids is 1. The minimum Gasteiger partial charge on any atom is -0.338 e. The Morgan fingerprint density at radius 1 is 1.14 bits per heavy atom. The summed E-state index contributed by atoms with van der Waals surface area (Å²) in [5.41, 5.74) is 5.10. The minimum atomic E-state index is 0.0502. The quantitative estimate of drug-likeness (QED) is 0.583. The van der Waals surface area contributed by atoms with Gasteiger partial charge in [0.1, 0.15) is 5.82 Å². The Hall–Kier alpha value is -2.72. The van der Waals surface area contributed by atoms with Crippen molar-refractivity contribution in [3.8, 4) is 11.1 Å². The highest BCUT2D eigenvalue weighted by Gasteiger charge is 2.28. The first-order valence-corrected chi connectivity index (χ1v) is 10.3. The second-order valence-corrected chi connectivity index (χ2v) is 8.12. The van der Waals surface area contributed by atoms with Crippen LogP contribution < -0.4 is 0 Å². The molecule has 4 rings (SSSR count). The number of aryl methyl sites for hydroxylation is 2. The molecule has 1 aromatic heterocycles. The Morgan fingerprint density at radius 2 is 1.93 bits per heavy atom. The third-order valence-corrected chi connectivity index (χ3v) is 5.71. The number of aromatic nitrogens is 2. The molecule has 2 heterocycles. The maximum Gasteiger partial charge on any atom is 0.253 e. The van der Waals surface area contributed by atoms with Crippen LogP contribution in [0.5, 0.6) is 0 Å². The van der Waals surface area contributed by atoms with Crippen LogP contribution in [-0.4, -0.2) is 33.9 Å². The normalized spacial score (nSPS) is 16.7. The number of benzene rings is 2. The summed E-state index contributed by atoms with van der Waals surface area (Å²) < 4.78 is 0. The number of carbonyl (C=O) groups is 1. The highest BCUT2D eigenvalue weighted by atomic mass is 35.5. The predicted octanol–water partition coefficient (Wildman–Crippen LogP) is 5.43. The largest absolute Gasteiger partial charge is 0.338 e. The summed E-state index contributed by atoms with van der Waals surface area (Å²) in [7, 11) is 0. The Kier molecular flexibility index (Phi) is 5.63. The van der Waals surface area contributed by atoms with Crippen molar-refractivity contribution >= 4 is 17.5 Å². The van der Waals surface area contributed by atoms with E-state index in [1.807, 2.05) is 18.0 Å². The second-order valence-electron chi connectivity index (χ2n) is 7.68. The van der Waals surface area contributed by atoms with E-state index in [9.17, 15) is 4.79 Å². The molecule has 1 amide bonds. The van der Waals surface area contributed by atoms with Crippen molar-refractivity contribution in [1.29, 1.82) is 0 Å². The van der Waals surface area contributed by atoms with Crippen molar-refractivity contribution in [2.75, 3.05) is 13.1 Å². The van der Waals surface area contributed by atoms with Crippen LogP contribution in [0.3, 0.4) is 0 Å². The maximum atomic E-state index is 13.0. The smallest absolute Gasteiger partial charge is 0.253 e. The van der Waals surface area contributed by atoms with Gasteiger partial charge in [-0.1, -0.05) is 41.4 Å². The molecule has 1 aliphatic heterocycles. The molecule has 1 saturated heterocycles. The summed E-state index contributed by atoms with van der Waals surface area (Å²) in [6.07, 6.45) is 3.90. The molecule has 0 N–H and O–H groups in total. The van der Waals surface area contributed by atoms with Crippen LogP contribution in [0.25, 0.3) is 11.1 Å². The van der Waals surface area contributed by atoms with Gasteiger partial charge in [-0.25, -0.2) is 9.97 Å². The molecule has 0 saturated carbocycles. The van der Waals surface area contributed by atoms with Crippen LogP contribution in [-0.2, 0) is 0 Å². The maximum absolute atomic E-state index is 13.0. The van der Waals surface area contributed by atoms with Crippen LogP contribution in [0.1, 0.15) is 46.2 Å². The Morgan fingerprint density at radius 3 is 2.69 bits per heavy atom. The fraction of sp³-hybridized carbons (Fsp3) is 0.292. The van der Waals surface area contributed by atoms with Crippen LogP contribution in [0.15, 0.2) is 54.7 Å². The van der Waals surface area contributed by atoms with Crippen LogP contribution in [0.2, 0.25) is 5.02 Å². The zero-order chi connectivity index (χ0) is 20.4. The molecule has 0 bridgehead atoms. The van der Waals surface area contributed by atoms with Gasteiger partial charge in [0.15, 0.2) is 0 Å². The van der Waals surface area contributed by atoms with E-state index in [0.717, 1.165) is 42.0 Å². The van der Waals surface area contributed by atoms with Crippen molar-refractivity contribution in [3.63, 3.8) is 0 Å². The van der Waals surface area contributed by atoms with Gasteiger partial charge in [0, 0.05) is 41.4 Å². The monoisotopic (exact) mass is 405 g/mol. The molecule has 2 aromatic carbocycles. The van der Waals surface area contributed by atoms with Crippen molar-refractivity contribution in [2.24, 2.45) is 0 Å². The summed E-state index contributed by atoms with van der Waals surface area (Å²) in [6.45, 7) is 5.44. The van der Waals surface area contributed by atoms with Gasteiger partial charge in [-0.3, -0.25) is 4.79 Å². The van der Waals surface area contributed by atoms with Gasteiger partial charge in [0.25, 0.3) is 5.91 Å². The highest BCUT2D eigenvalue weighted by molar-refractivity contribution is 6.30. The van der Waals surface area contributed by atoms with E-state index in [1.54, 1.807) is 24.3 Å². The lowest BCUT2D eigenvalue weighted by atomic mass is 9.89. The molecule has 0 spiro atoms. The summed E-state index contributed by atoms with van der Waals surface area (Å²) in [6, 6.07) is 15.5. The van der Waals surface area contributed by atoms with E-state index in [4.69, 9.17) is 16.6 Å². The van der Waals surface area contributed by atoms with Crippen molar-refractivity contribution < 1.29 is 4.79 Å². The van der Waals surface area contributed by atoms with Crippen LogP contribution in [0, 0.1) is 13.8 Å².